The molecule has 3 fully saturated rings. The molecule has 1 aliphatic heterocycles. The minimum atomic E-state index is -0.442. The number of carbonyl (C=O) groups is 1. The lowest BCUT2D eigenvalue weighted by molar-refractivity contribution is -0.123. The highest BCUT2D eigenvalue weighted by molar-refractivity contribution is 5.81. The molecule has 20 heavy (non-hydrogen) atoms. The standard InChI is InChI=1S/C16H28N2O2/c19-15(13-4-5-13)17-14-6-10-18(11-7-14)12-16(20)8-2-1-3-9-16/h13-14,20H,1-12H2,(H,17,19). The summed E-state index contributed by atoms with van der Waals surface area (Å²) in [6, 6.07) is 0.361. The second-order valence-corrected chi connectivity index (χ2v) is 7.12. The number of rotatable bonds is 4. The van der Waals surface area contributed by atoms with Crippen molar-refractivity contribution in [2.24, 2.45) is 5.92 Å². The molecule has 4 heteroatoms. The van der Waals surface area contributed by atoms with Crippen LogP contribution in [0.2, 0.25) is 0 Å². The molecule has 3 aliphatic rings. The average molecular weight is 280 g/mol. The Labute approximate surface area is 121 Å². The molecule has 1 saturated heterocycles. The second kappa shape index (κ2) is 6.02. The third-order valence-electron chi connectivity index (χ3n) is 5.18. The number of carbonyl (C=O) groups excluding carboxylic acids is 1. The number of likely N-dealkylation sites (tertiary alicyclic amines) is 1. The molecule has 0 spiro atoms. The zero-order valence-corrected chi connectivity index (χ0v) is 12.4. The van der Waals surface area contributed by atoms with Crippen LogP contribution in [0.5, 0.6) is 0 Å². The Balaban J connectivity index is 1.40. The lowest BCUT2D eigenvalue weighted by Gasteiger charge is -2.40. The van der Waals surface area contributed by atoms with Crippen LogP contribution in [0.4, 0.5) is 0 Å². The van der Waals surface area contributed by atoms with Gasteiger partial charge >= 0.3 is 0 Å². The van der Waals surface area contributed by atoms with Crippen LogP contribution in [-0.2, 0) is 4.79 Å². The van der Waals surface area contributed by atoms with Crippen LogP contribution in [0.15, 0.2) is 0 Å². The predicted octanol–water partition coefficient (Wildman–Crippen LogP) is 1.67. The zero-order valence-electron chi connectivity index (χ0n) is 12.4. The predicted molar refractivity (Wildman–Crippen MR) is 78.4 cm³/mol. The topological polar surface area (TPSA) is 52.6 Å². The molecule has 0 unspecified atom stereocenters. The Hall–Kier alpha value is -0.610. The van der Waals surface area contributed by atoms with E-state index in [2.05, 4.69) is 10.2 Å². The minimum Gasteiger partial charge on any atom is -0.389 e. The first kappa shape index (κ1) is 14.3. The molecule has 0 aromatic carbocycles. The summed E-state index contributed by atoms with van der Waals surface area (Å²) in [6.45, 7) is 2.85. The lowest BCUT2D eigenvalue weighted by atomic mass is 9.84. The molecule has 114 valence electrons. The van der Waals surface area contributed by atoms with E-state index in [-0.39, 0.29) is 5.91 Å². The molecular weight excluding hydrogens is 252 g/mol. The fourth-order valence-electron chi connectivity index (χ4n) is 3.68. The number of nitrogens with one attached hydrogen (secondary N) is 1. The summed E-state index contributed by atoms with van der Waals surface area (Å²) in [5, 5.41) is 13.8. The Morgan fingerprint density at radius 1 is 1.10 bits per heavy atom. The fourth-order valence-corrected chi connectivity index (χ4v) is 3.68. The van der Waals surface area contributed by atoms with E-state index in [1.54, 1.807) is 0 Å². The molecule has 4 nitrogen and oxygen atoms in total. The number of hydrogen-bond acceptors (Lipinski definition) is 3. The Morgan fingerprint density at radius 3 is 2.35 bits per heavy atom. The Bertz CT molecular complexity index is 340. The van der Waals surface area contributed by atoms with Gasteiger partial charge in [0.25, 0.3) is 0 Å². The van der Waals surface area contributed by atoms with E-state index < -0.39 is 5.60 Å². The molecular formula is C16H28N2O2. The van der Waals surface area contributed by atoms with Crippen LogP contribution >= 0.6 is 0 Å². The van der Waals surface area contributed by atoms with Gasteiger partial charge in [0.2, 0.25) is 5.91 Å². The van der Waals surface area contributed by atoms with Crippen LogP contribution in [0.25, 0.3) is 0 Å². The van der Waals surface area contributed by atoms with Crippen molar-refractivity contribution in [3.05, 3.63) is 0 Å². The highest BCUT2D eigenvalue weighted by atomic mass is 16.3. The maximum atomic E-state index is 11.8. The van der Waals surface area contributed by atoms with Gasteiger partial charge in [-0.05, 0) is 38.5 Å². The van der Waals surface area contributed by atoms with Crippen LogP contribution in [0.1, 0.15) is 57.8 Å². The number of nitrogens with zero attached hydrogens (tertiary/aromatic N) is 1. The second-order valence-electron chi connectivity index (χ2n) is 7.12. The van der Waals surface area contributed by atoms with Gasteiger partial charge in [0, 0.05) is 31.6 Å². The fraction of sp³-hybridized carbons (Fsp3) is 0.938. The molecule has 0 aromatic rings. The normalized spacial score (nSPS) is 28.2. The third-order valence-corrected chi connectivity index (χ3v) is 5.18. The van der Waals surface area contributed by atoms with Crippen molar-refractivity contribution in [1.29, 1.82) is 0 Å². The highest BCUT2D eigenvalue weighted by Gasteiger charge is 2.34. The zero-order chi connectivity index (χ0) is 14.0. The lowest BCUT2D eigenvalue weighted by Crippen LogP contribution is -2.50. The summed E-state index contributed by atoms with van der Waals surface area (Å²) in [5.74, 6) is 0.588. The summed E-state index contributed by atoms with van der Waals surface area (Å²) < 4.78 is 0. The van der Waals surface area contributed by atoms with Crippen molar-refractivity contribution in [1.82, 2.24) is 10.2 Å². The molecule has 0 radical (unpaired) electrons. The highest BCUT2D eigenvalue weighted by Crippen LogP contribution is 2.31. The van der Waals surface area contributed by atoms with Gasteiger partial charge in [0.05, 0.1) is 5.60 Å². The maximum Gasteiger partial charge on any atom is 0.223 e. The van der Waals surface area contributed by atoms with Crippen LogP contribution < -0.4 is 5.32 Å². The van der Waals surface area contributed by atoms with Gasteiger partial charge in [-0.1, -0.05) is 19.3 Å². The number of aliphatic hydroxyl groups is 1. The van der Waals surface area contributed by atoms with Gasteiger partial charge in [-0.3, -0.25) is 4.79 Å². The quantitative estimate of drug-likeness (QED) is 0.823. The smallest absolute Gasteiger partial charge is 0.223 e. The van der Waals surface area contributed by atoms with E-state index >= 15 is 0 Å². The van der Waals surface area contributed by atoms with Crippen LogP contribution in [0.3, 0.4) is 0 Å². The summed E-state index contributed by atoms with van der Waals surface area (Å²) in [7, 11) is 0. The monoisotopic (exact) mass is 280 g/mol. The van der Waals surface area contributed by atoms with Gasteiger partial charge in [-0.2, -0.15) is 0 Å². The summed E-state index contributed by atoms with van der Waals surface area (Å²) in [6.07, 6.45) is 9.78. The summed E-state index contributed by atoms with van der Waals surface area (Å²) >= 11 is 0. The van der Waals surface area contributed by atoms with E-state index in [1.807, 2.05) is 0 Å². The van der Waals surface area contributed by atoms with Crippen molar-refractivity contribution in [3.8, 4) is 0 Å². The number of amides is 1. The Morgan fingerprint density at radius 2 is 1.75 bits per heavy atom. The van der Waals surface area contributed by atoms with E-state index in [4.69, 9.17) is 0 Å². The first-order chi connectivity index (χ1) is 9.65. The first-order valence-corrected chi connectivity index (χ1v) is 8.40. The van der Waals surface area contributed by atoms with E-state index in [9.17, 15) is 9.90 Å². The number of piperidine rings is 1. The van der Waals surface area contributed by atoms with Crippen molar-refractivity contribution in [3.63, 3.8) is 0 Å². The average Bonchev–Trinajstić information content (AvgIpc) is 3.26. The van der Waals surface area contributed by atoms with E-state index in [0.29, 0.717) is 12.0 Å². The van der Waals surface area contributed by atoms with E-state index in [0.717, 1.165) is 58.2 Å². The number of hydrogen-bond donors (Lipinski definition) is 2. The summed E-state index contributed by atoms with van der Waals surface area (Å²) in [5.41, 5.74) is -0.442. The third kappa shape index (κ3) is 3.73. The molecule has 2 N–H and O–H groups in total. The molecule has 3 rings (SSSR count). The molecule has 1 amide bonds. The molecule has 1 heterocycles. The Kier molecular flexibility index (Phi) is 4.32. The van der Waals surface area contributed by atoms with Gasteiger partial charge in [-0.25, -0.2) is 0 Å². The SMILES string of the molecule is O=C(NC1CCN(CC2(O)CCCCC2)CC1)C1CC1. The molecule has 2 aliphatic carbocycles. The molecule has 0 aromatic heterocycles. The van der Waals surface area contributed by atoms with Crippen molar-refractivity contribution in [2.45, 2.75) is 69.4 Å². The first-order valence-electron chi connectivity index (χ1n) is 8.40. The van der Waals surface area contributed by atoms with Crippen LogP contribution in [-0.4, -0.2) is 47.2 Å². The van der Waals surface area contributed by atoms with Gasteiger partial charge in [-0.15, -0.1) is 0 Å². The summed E-state index contributed by atoms with van der Waals surface area (Å²) in [4.78, 5) is 14.2. The van der Waals surface area contributed by atoms with Crippen molar-refractivity contribution in [2.75, 3.05) is 19.6 Å². The van der Waals surface area contributed by atoms with Crippen LogP contribution in [0, 0.1) is 5.92 Å². The minimum absolute atomic E-state index is 0.273. The van der Waals surface area contributed by atoms with Crippen molar-refractivity contribution >= 4 is 5.91 Å². The molecule has 0 atom stereocenters. The molecule has 2 saturated carbocycles. The maximum absolute atomic E-state index is 11.8. The largest absolute Gasteiger partial charge is 0.389 e. The van der Waals surface area contributed by atoms with Crippen molar-refractivity contribution < 1.29 is 9.90 Å². The van der Waals surface area contributed by atoms with Gasteiger partial charge < -0.3 is 15.3 Å². The van der Waals surface area contributed by atoms with Gasteiger partial charge in [0.15, 0.2) is 0 Å². The van der Waals surface area contributed by atoms with Gasteiger partial charge in [0.1, 0.15) is 0 Å². The number of β-amino-alcohol motifs (C(OH)–C–C–N with tert-alkyl or cyclic N) is 1. The molecule has 0 bridgehead atoms. The van der Waals surface area contributed by atoms with E-state index in [1.165, 1.54) is 19.3 Å².